The molecule has 1 aromatic carbocycles. The summed E-state index contributed by atoms with van der Waals surface area (Å²) in [5.74, 6) is 0.0573. The van der Waals surface area contributed by atoms with Crippen molar-refractivity contribution in [3.05, 3.63) is 43.5 Å². The highest BCUT2D eigenvalue weighted by molar-refractivity contribution is 7.89. The first-order chi connectivity index (χ1) is 13.0. The Hall–Kier alpha value is -2.03. The lowest BCUT2D eigenvalue weighted by atomic mass is 10.1. The van der Waals surface area contributed by atoms with Gasteiger partial charge < -0.3 is 5.32 Å². The van der Waals surface area contributed by atoms with E-state index in [0.29, 0.717) is 10.6 Å². The highest BCUT2D eigenvalue weighted by atomic mass is 32.2. The maximum absolute atomic E-state index is 12.9. The van der Waals surface area contributed by atoms with Gasteiger partial charge in [0.15, 0.2) is 5.13 Å². The highest BCUT2D eigenvalue weighted by Gasteiger charge is 2.25. The van der Waals surface area contributed by atoms with Crippen LogP contribution in [-0.4, -0.2) is 36.7 Å². The molecule has 1 saturated carbocycles. The Labute approximate surface area is 163 Å². The predicted octanol–water partition coefficient (Wildman–Crippen LogP) is 3.79. The van der Waals surface area contributed by atoms with Crippen molar-refractivity contribution in [1.29, 1.82) is 0 Å². The molecule has 0 aliphatic heterocycles. The van der Waals surface area contributed by atoms with Crippen molar-refractivity contribution < 1.29 is 13.2 Å². The SMILES string of the molecule is C=CCN(CC=C)S(=O)(=O)c1ccc2nc(NC(=O)C3CCCC3)sc2c1. The molecule has 0 bridgehead atoms. The third kappa shape index (κ3) is 4.28. The lowest BCUT2D eigenvalue weighted by molar-refractivity contribution is -0.119. The molecule has 0 unspecified atom stereocenters. The summed E-state index contributed by atoms with van der Waals surface area (Å²) < 4.78 is 27.7. The van der Waals surface area contributed by atoms with Gasteiger partial charge in [-0.25, -0.2) is 13.4 Å². The van der Waals surface area contributed by atoms with Gasteiger partial charge in [0.2, 0.25) is 15.9 Å². The summed E-state index contributed by atoms with van der Waals surface area (Å²) in [6.45, 7) is 7.64. The maximum atomic E-state index is 12.9. The van der Waals surface area contributed by atoms with Crippen molar-refractivity contribution in [3.8, 4) is 0 Å². The zero-order valence-corrected chi connectivity index (χ0v) is 16.7. The second-order valence-corrected chi connectivity index (χ2v) is 9.49. The van der Waals surface area contributed by atoms with E-state index in [2.05, 4.69) is 23.5 Å². The van der Waals surface area contributed by atoms with Crippen LogP contribution in [0.5, 0.6) is 0 Å². The minimum Gasteiger partial charge on any atom is -0.302 e. The molecule has 3 rings (SSSR count). The number of aromatic nitrogens is 1. The molecular formula is C19H23N3O3S2. The van der Waals surface area contributed by atoms with E-state index in [0.717, 1.165) is 30.4 Å². The van der Waals surface area contributed by atoms with Gasteiger partial charge in [0.25, 0.3) is 0 Å². The van der Waals surface area contributed by atoms with Crippen molar-refractivity contribution in [2.45, 2.75) is 30.6 Å². The molecule has 144 valence electrons. The van der Waals surface area contributed by atoms with Gasteiger partial charge in [-0.15, -0.1) is 13.2 Å². The molecule has 1 fully saturated rings. The fourth-order valence-electron chi connectivity index (χ4n) is 3.22. The molecule has 0 radical (unpaired) electrons. The van der Waals surface area contributed by atoms with E-state index in [1.807, 2.05) is 0 Å². The van der Waals surface area contributed by atoms with Gasteiger partial charge in [-0.05, 0) is 31.0 Å². The Morgan fingerprint density at radius 1 is 1.26 bits per heavy atom. The number of rotatable bonds is 8. The number of carbonyl (C=O) groups is 1. The normalized spacial score (nSPS) is 15.3. The van der Waals surface area contributed by atoms with Crippen molar-refractivity contribution in [1.82, 2.24) is 9.29 Å². The Morgan fingerprint density at radius 3 is 2.56 bits per heavy atom. The first-order valence-corrected chi connectivity index (χ1v) is 11.1. The number of thiazole rings is 1. The Balaban J connectivity index is 1.85. The van der Waals surface area contributed by atoms with Gasteiger partial charge in [-0.2, -0.15) is 4.31 Å². The summed E-state index contributed by atoms with van der Waals surface area (Å²) in [6.07, 6.45) is 7.10. The summed E-state index contributed by atoms with van der Waals surface area (Å²) in [5, 5.41) is 3.38. The minimum absolute atomic E-state index is 0.00235. The first-order valence-electron chi connectivity index (χ1n) is 8.89. The largest absolute Gasteiger partial charge is 0.302 e. The van der Waals surface area contributed by atoms with Crippen LogP contribution in [0.1, 0.15) is 25.7 Å². The standard InChI is InChI=1S/C19H23N3O3S2/c1-3-11-22(12-4-2)27(24,25)15-9-10-16-17(13-15)26-19(20-16)21-18(23)14-7-5-6-8-14/h3-4,9-10,13-14H,1-2,5-8,11-12H2,(H,20,21,23). The second-order valence-electron chi connectivity index (χ2n) is 6.52. The average molecular weight is 406 g/mol. The highest BCUT2D eigenvalue weighted by Crippen LogP contribution is 2.31. The van der Waals surface area contributed by atoms with Crippen LogP contribution < -0.4 is 5.32 Å². The summed E-state index contributed by atoms with van der Waals surface area (Å²) in [5.41, 5.74) is 0.666. The topological polar surface area (TPSA) is 79.4 Å². The van der Waals surface area contributed by atoms with E-state index < -0.39 is 10.0 Å². The molecule has 0 spiro atoms. The molecule has 1 aromatic heterocycles. The number of hydrogen-bond donors (Lipinski definition) is 1. The number of sulfonamides is 1. The van der Waals surface area contributed by atoms with Crippen molar-refractivity contribution in [3.63, 3.8) is 0 Å². The van der Waals surface area contributed by atoms with Crippen LogP contribution >= 0.6 is 11.3 Å². The zero-order chi connectivity index (χ0) is 19.4. The minimum atomic E-state index is -3.66. The van der Waals surface area contributed by atoms with Crippen molar-refractivity contribution in [2.75, 3.05) is 18.4 Å². The maximum Gasteiger partial charge on any atom is 0.243 e. The van der Waals surface area contributed by atoms with Crippen LogP contribution in [0, 0.1) is 5.92 Å². The van der Waals surface area contributed by atoms with E-state index >= 15 is 0 Å². The number of nitrogens with one attached hydrogen (secondary N) is 1. The molecule has 6 nitrogen and oxygen atoms in total. The van der Waals surface area contributed by atoms with Crippen molar-refractivity contribution in [2.24, 2.45) is 5.92 Å². The molecule has 27 heavy (non-hydrogen) atoms. The fraction of sp³-hybridized carbons (Fsp3) is 0.368. The Kier molecular flexibility index (Phi) is 6.08. The molecule has 1 aliphatic rings. The van der Waals surface area contributed by atoms with Gasteiger partial charge in [0.1, 0.15) is 0 Å². The second kappa shape index (κ2) is 8.33. The number of carbonyl (C=O) groups excluding carboxylic acids is 1. The van der Waals surface area contributed by atoms with Crippen LogP contribution in [-0.2, 0) is 14.8 Å². The number of nitrogens with zero attached hydrogens (tertiary/aromatic N) is 2. The van der Waals surface area contributed by atoms with Gasteiger partial charge in [-0.3, -0.25) is 4.79 Å². The van der Waals surface area contributed by atoms with Gasteiger partial charge in [0, 0.05) is 19.0 Å². The lowest BCUT2D eigenvalue weighted by Crippen LogP contribution is -2.31. The molecule has 1 heterocycles. The Morgan fingerprint density at radius 2 is 1.93 bits per heavy atom. The van der Waals surface area contributed by atoms with E-state index in [1.54, 1.807) is 30.4 Å². The summed E-state index contributed by atoms with van der Waals surface area (Å²) in [7, 11) is -3.66. The molecule has 1 amide bonds. The monoisotopic (exact) mass is 405 g/mol. The van der Waals surface area contributed by atoms with Gasteiger partial charge in [0.05, 0.1) is 15.1 Å². The smallest absolute Gasteiger partial charge is 0.243 e. The lowest BCUT2D eigenvalue weighted by Gasteiger charge is -2.18. The molecule has 0 atom stereocenters. The number of amides is 1. The van der Waals surface area contributed by atoms with Crippen LogP contribution in [0.25, 0.3) is 10.2 Å². The fourth-order valence-corrected chi connectivity index (χ4v) is 5.61. The van der Waals surface area contributed by atoms with Gasteiger partial charge in [-0.1, -0.05) is 36.3 Å². The molecule has 8 heteroatoms. The molecule has 1 aliphatic carbocycles. The first kappa shape index (κ1) is 19.7. The number of hydrogen-bond acceptors (Lipinski definition) is 5. The van der Waals surface area contributed by atoms with E-state index in [9.17, 15) is 13.2 Å². The van der Waals surface area contributed by atoms with Crippen LogP contribution in [0.3, 0.4) is 0 Å². The number of benzene rings is 1. The van der Waals surface area contributed by atoms with E-state index in [1.165, 1.54) is 15.6 Å². The predicted molar refractivity (Wildman–Crippen MR) is 109 cm³/mol. The van der Waals surface area contributed by atoms with Gasteiger partial charge >= 0.3 is 0 Å². The van der Waals surface area contributed by atoms with Crippen molar-refractivity contribution >= 4 is 42.6 Å². The van der Waals surface area contributed by atoms with Crippen LogP contribution in [0.15, 0.2) is 48.4 Å². The Bertz CT molecular complexity index is 950. The molecule has 0 saturated heterocycles. The molecular weight excluding hydrogens is 382 g/mol. The summed E-state index contributed by atoms with van der Waals surface area (Å²) >= 11 is 1.29. The third-order valence-corrected chi connectivity index (χ3v) is 7.38. The summed E-state index contributed by atoms with van der Waals surface area (Å²) in [6, 6.07) is 4.82. The molecule has 1 N–H and O–H groups in total. The summed E-state index contributed by atoms with van der Waals surface area (Å²) in [4.78, 5) is 16.9. The van der Waals surface area contributed by atoms with Crippen LogP contribution in [0.2, 0.25) is 0 Å². The zero-order valence-electron chi connectivity index (χ0n) is 15.1. The quantitative estimate of drug-likeness (QED) is 0.678. The average Bonchev–Trinajstić information content (AvgIpc) is 3.30. The number of anilines is 1. The van der Waals surface area contributed by atoms with E-state index in [4.69, 9.17) is 0 Å². The third-order valence-electron chi connectivity index (χ3n) is 4.62. The number of fused-ring (bicyclic) bond motifs is 1. The molecule has 2 aromatic rings. The van der Waals surface area contributed by atoms with E-state index in [-0.39, 0.29) is 29.8 Å². The van der Waals surface area contributed by atoms with Crippen LogP contribution in [0.4, 0.5) is 5.13 Å².